The maximum Gasteiger partial charge on any atom is 0.320 e. The Balaban J connectivity index is 2.27. The first kappa shape index (κ1) is 17.3. The van der Waals surface area contributed by atoms with Crippen molar-refractivity contribution in [2.45, 2.75) is 39.2 Å². The zero-order valence-electron chi connectivity index (χ0n) is 12.8. The zero-order chi connectivity index (χ0) is 15.5. The van der Waals surface area contributed by atoms with Gasteiger partial charge in [0.05, 0.1) is 6.61 Å². The van der Waals surface area contributed by atoms with Crippen molar-refractivity contribution in [3.63, 3.8) is 0 Å². The summed E-state index contributed by atoms with van der Waals surface area (Å²) in [5.74, 6) is 0.772. The first-order chi connectivity index (χ1) is 10.2. The molecule has 0 saturated carbocycles. The van der Waals surface area contributed by atoms with Crippen LogP contribution < -0.4 is 14.8 Å². The molecule has 21 heavy (non-hydrogen) atoms. The van der Waals surface area contributed by atoms with Crippen molar-refractivity contribution in [1.82, 2.24) is 5.32 Å². The summed E-state index contributed by atoms with van der Waals surface area (Å²) >= 11 is 0. The van der Waals surface area contributed by atoms with E-state index in [1.54, 1.807) is 0 Å². The Hall–Kier alpha value is -1.75. The maximum atomic E-state index is 11.0. The van der Waals surface area contributed by atoms with Crippen molar-refractivity contribution >= 4 is 5.97 Å². The van der Waals surface area contributed by atoms with E-state index in [9.17, 15) is 4.79 Å². The molecule has 0 bridgehead atoms. The van der Waals surface area contributed by atoms with Crippen molar-refractivity contribution < 1.29 is 19.4 Å². The van der Waals surface area contributed by atoms with Crippen LogP contribution in [0.3, 0.4) is 0 Å². The van der Waals surface area contributed by atoms with Gasteiger partial charge in [-0.2, -0.15) is 0 Å². The molecule has 1 atom stereocenters. The average Bonchev–Trinajstić information content (AvgIpc) is 2.49. The zero-order valence-corrected chi connectivity index (χ0v) is 12.8. The van der Waals surface area contributed by atoms with Gasteiger partial charge in [0.15, 0.2) is 0 Å². The quantitative estimate of drug-likeness (QED) is 0.614. The highest BCUT2D eigenvalue weighted by Gasteiger charge is 2.14. The lowest BCUT2D eigenvalue weighted by Crippen LogP contribution is -2.38. The SMILES string of the molecule is CCCOc1ccc(OCCNC(CCC)C(=O)O)cc1. The van der Waals surface area contributed by atoms with Crippen LogP contribution in [0.1, 0.15) is 33.1 Å². The fraction of sp³-hybridized carbons (Fsp3) is 0.562. The van der Waals surface area contributed by atoms with Gasteiger partial charge in [-0.05, 0) is 37.1 Å². The van der Waals surface area contributed by atoms with E-state index in [-0.39, 0.29) is 0 Å². The fourth-order valence-corrected chi connectivity index (χ4v) is 1.86. The Morgan fingerprint density at radius 2 is 1.67 bits per heavy atom. The molecule has 0 amide bonds. The summed E-state index contributed by atoms with van der Waals surface area (Å²) in [5.41, 5.74) is 0. The van der Waals surface area contributed by atoms with Crippen LogP contribution in [0.15, 0.2) is 24.3 Å². The van der Waals surface area contributed by atoms with Crippen LogP contribution in [0.4, 0.5) is 0 Å². The van der Waals surface area contributed by atoms with Crippen LogP contribution in [0.2, 0.25) is 0 Å². The lowest BCUT2D eigenvalue weighted by molar-refractivity contribution is -0.139. The Kier molecular flexibility index (Phi) is 8.28. The number of rotatable bonds is 11. The molecule has 0 fully saturated rings. The fourth-order valence-electron chi connectivity index (χ4n) is 1.86. The van der Waals surface area contributed by atoms with E-state index in [0.29, 0.717) is 26.2 Å². The Labute approximate surface area is 126 Å². The topological polar surface area (TPSA) is 67.8 Å². The summed E-state index contributed by atoms with van der Waals surface area (Å²) in [5, 5.41) is 12.0. The normalized spacial score (nSPS) is 11.9. The molecule has 0 radical (unpaired) electrons. The van der Waals surface area contributed by atoms with E-state index >= 15 is 0 Å². The number of hydrogen-bond donors (Lipinski definition) is 2. The van der Waals surface area contributed by atoms with Crippen molar-refractivity contribution in [3.05, 3.63) is 24.3 Å². The largest absolute Gasteiger partial charge is 0.494 e. The molecule has 0 spiro atoms. The van der Waals surface area contributed by atoms with Gasteiger partial charge in [-0.1, -0.05) is 20.3 Å². The maximum absolute atomic E-state index is 11.0. The Morgan fingerprint density at radius 1 is 1.10 bits per heavy atom. The summed E-state index contributed by atoms with van der Waals surface area (Å²) in [4.78, 5) is 11.0. The molecular weight excluding hydrogens is 270 g/mol. The minimum Gasteiger partial charge on any atom is -0.494 e. The molecule has 5 heteroatoms. The van der Waals surface area contributed by atoms with Gasteiger partial charge in [-0.25, -0.2) is 0 Å². The lowest BCUT2D eigenvalue weighted by atomic mass is 10.2. The number of carboxylic acids is 1. The molecule has 1 aromatic rings. The summed E-state index contributed by atoms with van der Waals surface area (Å²) in [6.45, 7) is 5.68. The predicted octanol–water partition coefficient (Wildman–Crippen LogP) is 2.70. The molecule has 0 aliphatic carbocycles. The number of nitrogens with one attached hydrogen (secondary N) is 1. The average molecular weight is 295 g/mol. The molecular formula is C16H25NO4. The molecule has 0 heterocycles. The van der Waals surface area contributed by atoms with E-state index in [0.717, 1.165) is 24.3 Å². The van der Waals surface area contributed by atoms with Crippen molar-refractivity contribution in [1.29, 1.82) is 0 Å². The van der Waals surface area contributed by atoms with Crippen LogP contribution in [0.25, 0.3) is 0 Å². The van der Waals surface area contributed by atoms with Gasteiger partial charge in [0.1, 0.15) is 24.1 Å². The Morgan fingerprint density at radius 3 is 2.14 bits per heavy atom. The number of aliphatic carboxylic acids is 1. The molecule has 1 rings (SSSR count). The summed E-state index contributed by atoms with van der Waals surface area (Å²) < 4.78 is 11.1. The van der Waals surface area contributed by atoms with Gasteiger partial charge in [0.25, 0.3) is 0 Å². The molecule has 0 aromatic heterocycles. The van der Waals surface area contributed by atoms with Crippen LogP contribution in [0.5, 0.6) is 11.5 Å². The lowest BCUT2D eigenvalue weighted by Gasteiger charge is -2.14. The third kappa shape index (κ3) is 6.99. The second kappa shape index (κ2) is 10.0. The Bertz CT molecular complexity index is 405. The van der Waals surface area contributed by atoms with E-state index in [1.807, 2.05) is 31.2 Å². The molecule has 0 aliphatic heterocycles. The van der Waals surface area contributed by atoms with E-state index in [2.05, 4.69) is 12.2 Å². The molecule has 1 aromatic carbocycles. The van der Waals surface area contributed by atoms with Gasteiger partial charge >= 0.3 is 5.97 Å². The van der Waals surface area contributed by atoms with Gasteiger partial charge < -0.3 is 19.9 Å². The number of hydrogen-bond acceptors (Lipinski definition) is 4. The highest BCUT2D eigenvalue weighted by Crippen LogP contribution is 2.17. The minimum absolute atomic E-state index is 0.433. The molecule has 5 nitrogen and oxygen atoms in total. The summed E-state index contributed by atoms with van der Waals surface area (Å²) in [7, 11) is 0. The standard InChI is InChI=1S/C16H25NO4/c1-3-5-15(16(18)19)17-10-12-21-14-8-6-13(7-9-14)20-11-4-2/h6-9,15,17H,3-5,10-12H2,1-2H3,(H,18,19). The third-order valence-corrected chi connectivity index (χ3v) is 2.93. The highest BCUT2D eigenvalue weighted by molar-refractivity contribution is 5.73. The van der Waals surface area contributed by atoms with Crippen LogP contribution in [-0.4, -0.2) is 36.9 Å². The predicted molar refractivity (Wildman–Crippen MR) is 82.1 cm³/mol. The van der Waals surface area contributed by atoms with E-state index < -0.39 is 12.0 Å². The highest BCUT2D eigenvalue weighted by atomic mass is 16.5. The van der Waals surface area contributed by atoms with Gasteiger partial charge in [-0.15, -0.1) is 0 Å². The summed E-state index contributed by atoms with van der Waals surface area (Å²) in [6, 6.07) is 6.95. The van der Waals surface area contributed by atoms with Crippen LogP contribution >= 0.6 is 0 Å². The minimum atomic E-state index is -0.811. The van der Waals surface area contributed by atoms with Crippen LogP contribution in [-0.2, 0) is 4.79 Å². The molecule has 0 aliphatic rings. The van der Waals surface area contributed by atoms with E-state index in [1.165, 1.54) is 0 Å². The van der Waals surface area contributed by atoms with Crippen molar-refractivity contribution in [2.75, 3.05) is 19.8 Å². The van der Waals surface area contributed by atoms with Crippen molar-refractivity contribution in [3.8, 4) is 11.5 Å². The monoisotopic (exact) mass is 295 g/mol. The molecule has 118 valence electrons. The smallest absolute Gasteiger partial charge is 0.320 e. The third-order valence-electron chi connectivity index (χ3n) is 2.93. The second-order valence-corrected chi connectivity index (χ2v) is 4.80. The number of benzene rings is 1. The molecule has 0 saturated heterocycles. The first-order valence-corrected chi connectivity index (χ1v) is 7.49. The van der Waals surface area contributed by atoms with Crippen molar-refractivity contribution in [2.24, 2.45) is 0 Å². The number of carboxylic acid groups (broad SMARTS) is 1. The molecule has 1 unspecified atom stereocenters. The van der Waals surface area contributed by atoms with E-state index in [4.69, 9.17) is 14.6 Å². The van der Waals surface area contributed by atoms with Gasteiger partial charge in [-0.3, -0.25) is 4.79 Å². The number of ether oxygens (including phenoxy) is 2. The summed E-state index contributed by atoms with van der Waals surface area (Å²) in [6.07, 6.45) is 2.44. The van der Waals surface area contributed by atoms with Gasteiger partial charge in [0.2, 0.25) is 0 Å². The first-order valence-electron chi connectivity index (χ1n) is 7.49. The number of carbonyl (C=O) groups is 1. The second-order valence-electron chi connectivity index (χ2n) is 4.80. The molecule has 2 N–H and O–H groups in total. The van der Waals surface area contributed by atoms with Gasteiger partial charge in [0, 0.05) is 6.54 Å². The van der Waals surface area contributed by atoms with Crippen LogP contribution in [0, 0.1) is 0 Å².